The van der Waals surface area contributed by atoms with Crippen LogP contribution in [0.25, 0.3) is 0 Å². The Morgan fingerprint density at radius 2 is 0.762 bits per heavy atom. The number of rotatable bonds is 33. The van der Waals surface area contributed by atoms with Crippen LogP contribution in [-0.4, -0.2) is 30.3 Å². The molecule has 0 N–H and O–H groups in total. The van der Waals surface area contributed by atoms with Crippen molar-refractivity contribution in [2.45, 2.75) is 181 Å². The van der Waals surface area contributed by atoms with E-state index in [-0.39, 0.29) is 0 Å². The van der Waals surface area contributed by atoms with Crippen LogP contribution in [0.5, 0.6) is 0 Å². The van der Waals surface area contributed by atoms with E-state index >= 15 is 0 Å². The van der Waals surface area contributed by atoms with Gasteiger partial charge >= 0.3 is 0 Å². The van der Waals surface area contributed by atoms with Gasteiger partial charge in [0.1, 0.15) is 5.78 Å². The van der Waals surface area contributed by atoms with Crippen molar-refractivity contribution < 1.29 is 4.79 Å². The molecule has 0 aromatic rings. The molecule has 0 radical (unpaired) electrons. The Labute approximate surface area is 264 Å². The summed E-state index contributed by atoms with van der Waals surface area (Å²) in [6.07, 6.45) is 50.7. The van der Waals surface area contributed by atoms with Crippen LogP contribution in [0.1, 0.15) is 181 Å². The molecule has 0 heterocycles. The summed E-state index contributed by atoms with van der Waals surface area (Å²) in [5.74, 6) is 0.328. The fraction of sp³-hybridized carbons (Fsp3) is 0.775. The van der Waals surface area contributed by atoms with E-state index in [2.05, 4.69) is 67.4 Å². The summed E-state index contributed by atoms with van der Waals surface area (Å²) in [7, 11) is 0. The first kappa shape index (κ1) is 40.6. The van der Waals surface area contributed by atoms with Gasteiger partial charge in [-0.15, -0.1) is 0 Å². The number of carbonyl (C=O) groups excluding carboxylic acids is 1. The highest BCUT2D eigenvalue weighted by Crippen LogP contribution is 2.12. The molecule has 2 heteroatoms. The van der Waals surface area contributed by atoms with Gasteiger partial charge in [-0.2, -0.15) is 0 Å². The van der Waals surface area contributed by atoms with Crippen molar-refractivity contribution in [1.82, 2.24) is 4.90 Å². The number of Topliss-reactive ketones (excluding diaryl/α,β-unsaturated/α-hetero) is 1. The molecule has 0 spiro atoms. The third-order valence-corrected chi connectivity index (χ3v) is 8.13. The highest BCUT2D eigenvalue weighted by Gasteiger charge is 2.06. The predicted molar refractivity (Wildman–Crippen MR) is 190 cm³/mol. The van der Waals surface area contributed by atoms with Crippen LogP contribution in [0.15, 0.2) is 48.6 Å². The van der Waals surface area contributed by atoms with Crippen molar-refractivity contribution in [1.29, 1.82) is 0 Å². The Bertz CT molecular complexity index is 611. The second-order valence-corrected chi connectivity index (χ2v) is 12.5. The van der Waals surface area contributed by atoms with Crippen LogP contribution in [-0.2, 0) is 4.79 Å². The van der Waals surface area contributed by atoms with Gasteiger partial charge in [-0.25, -0.2) is 0 Å². The number of carbonyl (C=O) groups is 1. The van der Waals surface area contributed by atoms with E-state index < -0.39 is 0 Å². The van der Waals surface area contributed by atoms with Crippen LogP contribution < -0.4 is 0 Å². The Morgan fingerprint density at radius 3 is 1.12 bits per heavy atom. The minimum Gasteiger partial charge on any atom is -0.303 e. The van der Waals surface area contributed by atoms with Crippen LogP contribution in [0, 0.1) is 0 Å². The number of ketones is 1. The summed E-state index contributed by atoms with van der Waals surface area (Å²) in [6.45, 7) is 9.55. The van der Waals surface area contributed by atoms with Gasteiger partial charge in [0.2, 0.25) is 0 Å². The Morgan fingerprint density at radius 1 is 0.429 bits per heavy atom. The molecule has 0 rings (SSSR count). The standard InChI is InChI=1S/C40H73NO/c1-4-6-8-10-12-14-16-18-20-22-24-26-28-30-32-34-37-41(39-36-40(3)42)38-35-33-31-29-27-25-23-21-19-17-15-13-11-9-7-5-2/h12-15,18-21H,4-11,16-17,22-39H2,1-3H3/b14-12-,15-13-,20-18-,21-19-. The number of nitrogens with zero attached hydrogens (tertiary/aromatic N) is 1. The maximum atomic E-state index is 11.6. The Hall–Kier alpha value is -1.41. The van der Waals surface area contributed by atoms with E-state index in [9.17, 15) is 4.79 Å². The molecule has 0 saturated heterocycles. The number of unbranched alkanes of at least 4 members (excludes halogenated alkanes) is 18. The molecule has 0 aliphatic heterocycles. The molecular weight excluding hydrogens is 510 g/mol. The van der Waals surface area contributed by atoms with Crippen molar-refractivity contribution >= 4 is 5.78 Å². The Kier molecular flexibility index (Phi) is 34.6. The second-order valence-electron chi connectivity index (χ2n) is 12.5. The lowest BCUT2D eigenvalue weighted by atomic mass is 10.1. The summed E-state index contributed by atoms with van der Waals surface area (Å²) in [6, 6.07) is 0. The van der Waals surface area contributed by atoms with Gasteiger partial charge in [-0.3, -0.25) is 4.79 Å². The fourth-order valence-electron chi connectivity index (χ4n) is 5.30. The van der Waals surface area contributed by atoms with Gasteiger partial charge in [0.05, 0.1) is 0 Å². The summed E-state index contributed by atoms with van der Waals surface area (Å²) < 4.78 is 0. The molecule has 42 heavy (non-hydrogen) atoms. The van der Waals surface area contributed by atoms with Crippen LogP contribution in [0.2, 0.25) is 0 Å². The highest BCUT2D eigenvalue weighted by atomic mass is 16.1. The van der Waals surface area contributed by atoms with Gasteiger partial charge < -0.3 is 4.90 Å². The van der Waals surface area contributed by atoms with E-state index in [1.807, 2.05) is 0 Å². The van der Waals surface area contributed by atoms with Crippen molar-refractivity contribution in [2.75, 3.05) is 19.6 Å². The zero-order valence-electron chi connectivity index (χ0n) is 28.8. The SMILES string of the molecule is CCCCC/C=C\C/C=C\CCCCCCCCN(CCCCCCCC/C=C\C/C=C\CCCCC)CCC(C)=O. The van der Waals surface area contributed by atoms with Gasteiger partial charge in [0, 0.05) is 13.0 Å². The molecule has 0 amide bonds. The maximum Gasteiger partial charge on any atom is 0.131 e. The average molecular weight is 584 g/mol. The van der Waals surface area contributed by atoms with E-state index in [0.717, 1.165) is 19.4 Å². The molecule has 0 aliphatic carbocycles. The number of hydrogen-bond donors (Lipinski definition) is 0. The largest absolute Gasteiger partial charge is 0.303 e. The number of allylic oxidation sites excluding steroid dienone is 8. The molecule has 0 aromatic carbocycles. The van der Waals surface area contributed by atoms with E-state index in [0.29, 0.717) is 12.2 Å². The van der Waals surface area contributed by atoms with Crippen molar-refractivity contribution in [3.63, 3.8) is 0 Å². The molecule has 0 unspecified atom stereocenters. The molecule has 244 valence electrons. The monoisotopic (exact) mass is 584 g/mol. The lowest BCUT2D eigenvalue weighted by Gasteiger charge is -2.21. The Balaban J connectivity index is 3.71. The minimum absolute atomic E-state index is 0.328. The van der Waals surface area contributed by atoms with Crippen LogP contribution >= 0.6 is 0 Å². The van der Waals surface area contributed by atoms with Gasteiger partial charge in [-0.05, 0) is 97.1 Å². The van der Waals surface area contributed by atoms with E-state index in [1.54, 1.807) is 6.92 Å². The van der Waals surface area contributed by atoms with Gasteiger partial charge in [0.25, 0.3) is 0 Å². The van der Waals surface area contributed by atoms with Crippen LogP contribution in [0.3, 0.4) is 0 Å². The molecule has 0 aliphatic rings. The molecular formula is C40H73NO. The molecule has 0 bridgehead atoms. The normalized spacial score (nSPS) is 12.4. The first-order chi connectivity index (χ1) is 20.7. The summed E-state index contributed by atoms with van der Waals surface area (Å²) in [4.78, 5) is 14.1. The first-order valence-electron chi connectivity index (χ1n) is 18.5. The molecule has 0 fully saturated rings. The lowest BCUT2D eigenvalue weighted by molar-refractivity contribution is -0.117. The van der Waals surface area contributed by atoms with E-state index in [4.69, 9.17) is 0 Å². The summed E-state index contributed by atoms with van der Waals surface area (Å²) >= 11 is 0. The highest BCUT2D eigenvalue weighted by molar-refractivity contribution is 5.75. The van der Waals surface area contributed by atoms with Crippen LogP contribution in [0.4, 0.5) is 0 Å². The molecule has 0 saturated carbocycles. The maximum absolute atomic E-state index is 11.6. The van der Waals surface area contributed by atoms with Crippen molar-refractivity contribution in [3.8, 4) is 0 Å². The van der Waals surface area contributed by atoms with Gasteiger partial charge in [0.15, 0.2) is 0 Å². The van der Waals surface area contributed by atoms with Gasteiger partial charge in [-0.1, -0.05) is 140 Å². The van der Waals surface area contributed by atoms with Crippen molar-refractivity contribution in [2.24, 2.45) is 0 Å². The third-order valence-electron chi connectivity index (χ3n) is 8.13. The third kappa shape index (κ3) is 34.8. The minimum atomic E-state index is 0.328. The lowest BCUT2D eigenvalue weighted by Crippen LogP contribution is -2.28. The smallest absolute Gasteiger partial charge is 0.131 e. The fourth-order valence-corrected chi connectivity index (χ4v) is 5.30. The zero-order valence-corrected chi connectivity index (χ0v) is 28.8. The quantitative estimate of drug-likeness (QED) is 0.0565. The topological polar surface area (TPSA) is 20.3 Å². The second kappa shape index (κ2) is 35.8. The summed E-state index contributed by atoms with van der Waals surface area (Å²) in [5, 5.41) is 0. The first-order valence-corrected chi connectivity index (χ1v) is 18.5. The molecule has 2 nitrogen and oxygen atoms in total. The predicted octanol–water partition coefficient (Wildman–Crippen LogP) is 12.9. The average Bonchev–Trinajstić information content (AvgIpc) is 2.98. The number of hydrogen-bond acceptors (Lipinski definition) is 2. The molecule has 0 aromatic heterocycles. The molecule has 0 atom stereocenters. The summed E-state index contributed by atoms with van der Waals surface area (Å²) in [5.41, 5.74) is 0. The van der Waals surface area contributed by atoms with Crippen molar-refractivity contribution in [3.05, 3.63) is 48.6 Å². The zero-order chi connectivity index (χ0) is 30.6. The van der Waals surface area contributed by atoms with E-state index in [1.165, 1.54) is 154 Å².